The molecule has 0 aromatic heterocycles. The first kappa shape index (κ1) is 14.6. The summed E-state index contributed by atoms with van der Waals surface area (Å²) in [6, 6.07) is 13.1. The number of fused-ring (bicyclic) bond motifs is 1. The van der Waals surface area contributed by atoms with Crippen molar-refractivity contribution in [2.45, 2.75) is 26.3 Å². The van der Waals surface area contributed by atoms with Crippen LogP contribution in [0.3, 0.4) is 0 Å². The number of hydrogen-bond acceptors (Lipinski definition) is 3. The summed E-state index contributed by atoms with van der Waals surface area (Å²) in [6.45, 7) is 3.44. The topological polar surface area (TPSA) is 52.6 Å². The Morgan fingerprint density at radius 1 is 1.23 bits per heavy atom. The van der Waals surface area contributed by atoms with Gasteiger partial charge in [-0.25, -0.2) is 5.01 Å². The maximum absolute atomic E-state index is 12.5. The molecular formula is C18H20N2O2. The van der Waals surface area contributed by atoms with Crippen molar-refractivity contribution in [3.63, 3.8) is 0 Å². The molecule has 0 aliphatic carbocycles. The fourth-order valence-corrected chi connectivity index (χ4v) is 2.89. The van der Waals surface area contributed by atoms with Gasteiger partial charge in [-0.15, -0.1) is 0 Å². The number of aryl methyl sites for hydroxylation is 1. The van der Waals surface area contributed by atoms with Crippen molar-refractivity contribution in [2.75, 3.05) is 6.54 Å². The van der Waals surface area contributed by atoms with Crippen molar-refractivity contribution in [1.29, 1.82) is 0 Å². The maximum Gasteiger partial charge on any atom is 0.265 e. The highest BCUT2D eigenvalue weighted by Crippen LogP contribution is 2.22. The van der Waals surface area contributed by atoms with E-state index in [0.717, 1.165) is 36.1 Å². The number of nitrogens with one attached hydrogen (secondary N) is 1. The van der Waals surface area contributed by atoms with E-state index in [1.807, 2.05) is 42.3 Å². The van der Waals surface area contributed by atoms with Gasteiger partial charge in [0.1, 0.15) is 5.75 Å². The Bertz CT molecular complexity index is 697. The Morgan fingerprint density at radius 3 is 2.86 bits per heavy atom. The summed E-state index contributed by atoms with van der Waals surface area (Å²) in [5.41, 5.74) is 7.06. The fraction of sp³-hybridized carbons (Fsp3) is 0.278. The number of phenolic OH excluding ortho intramolecular Hbond substituents is 1. The summed E-state index contributed by atoms with van der Waals surface area (Å²) in [7, 11) is 0. The number of amides is 1. The van der Waals surface area contributed by atoms with Gasteiger partial charge < -0.3 is 5.11 Å². The van der Waals surface area contributed by atoms with Gasteiger partial charge in [0.05, 0.1) is 0 Å². The largest absolute Gasteiger partial charge is 0.508 e. The smallest absolute Gasteiger partial charge is 0.265 e. The lowest BCUT2D eigenvalue weighted by Gasteiger charge is -2.29. The first-order valence-corrected chi connectivity index (χ1v) is 7.62. The molecule has 2 N–H and O–H groups in total. The molecule has 3 rings (SSSR count). The zero-order chi connectivity index (χ0) is 15.5. The lowest BCUT2D eigenvalue weighted by molar-refractivity contribution is 0.0762. The van der Waals surface area contributed by atoms with Gasteiger partial charge >= 0.3 is 0 Å². The number of hydrazine groups is 1. The molecule has 1 amide bonds. The number of carbonyl (C=O) groups excluding carboxylic acids is 1. The maximum atomic E-state index is 12.5. The highest BCUT2D eigenvalue weighted by molar-refractivity contribution is 5.95. The second-order valence-electron chi connectivity index (χ2n) is 5.58. The standard InChI is InChI=1S/C18H20N2O2/c1-2-13-5-3-4-6-17(13)18(22)19-20-10-9-14-7-8-16(21)11-15(14)12-20/h3-8,11,21H,2,9-10,12H2,1H3,(H,19,22). The number of carbonyl (C=O) groups is 1. The van der Waals surface area contributed by atoms with Gasteiger partial charge in [0.25, 0.3) is 5.91 Å². The van der Waals surface area contributed by atoms with Gasteiger partial charge in [-0.3, -0.25) is 10.2 Å². The highest BCUT2D eigenvalue weighted by Gasteiger charge is 2.19. The molecule has 0 saturated heterocycles. The summed E-state index contributed by atoms with van der Waals surface area (Å²) in [5.74, 6) is 0.198. The molecular weight excluding hydrogens is 276 g/mol. The van der Waals surface area contributed by atoms with Crippen molar-refractivity contribution in [3.8, 4) is 5.75 Å². The van der Waals surface area contributed by atoms with Crippen LogP contribution in [0.2, 0.25) is 0 Å². The molecule has 114 valence electrons. The van der Waals surface area contributed by atoms with Crippen LogP contribution in [0.1, 0.15) is 34.0 Å². The Labute approximate surface area is 130 Å². The summed E-state index contributed by atoms with van der Waals surface area (Å²) in [6.07, 6.45) is 1.70. The first-order chi connectivity index (χ1) is 10.7. The second-order valence-corrected chi connectivity index (χ2v) is 5.58. The van der Waals surface area contributed by atoms with E-state index in [1.54, 1.807) is 12.1 Å². The molecule has 4 nitrogen and oxygen atoms in total. The highest BCUT2D eigenvalue weighted by atomic mass is 16.3. The van der Waals surface area contributed by atoms with E-state index < -0.39 is 0 Å². The third-order valence-electron chi connectivity index (χ3n) is 4.10. The number of aromatic hydroxyl groups is 1. The molecule has 2 aromatic rings. The molecule has 0 bridgehead atoms. The van der Waals surface area contributed by atoms with Crippen LogP contribution < -0.4 is 5.43 Å². The normalized spacial score (nSPS) is 14.4. The van der Waals surface area contributed by atoms with Crippen LogP contribution >= 0.6 is 0 Å². The molecule has 4 heteroatoms. The molecule has 2 aromatic carbocycles. The first-order valence-electron chi connectivity index (χ1n) is 7.62. The quantitative estimate of drug-likeness (QED) is 0.915. The lowest BCUT2D eigenvalue weighted by Crippen LogP contribution is -2.45. The molecule has 0 saturated carbocycles. The number of phenols is 1. The van der Waals surface area contributed by atoms with Crippen LogP contribution in [-0.4, -0.2) is 22.6 Å². The SMILES string of the molecule is CCc1ccccc1C(=O)NN1CCc2ccc(O)cc2C1. The number of hydrogen-bond donors (Lipinski definition) is 2. The average Bonchev–Trinajstić information content (AvgIpc) is 2.54. The zero-order valence-corrected chi connectivity index (χ0v) is 12.7. The van der Waals surface area contributed by atoms with Crippen molar-refractivity contribution >= 4 is 5.91 Å². The number of nitrogens with zero attached hydrogens (tertiary/aromatic N) is 1. The Morgan fingerprint density at radius 2 is 2.05 bits per heavy atom. The van der Waals surface area contributed by atoms with Gasteiger partial charge in [-0.2, -0.15) is 0 Å². The van der Waals surface area contributed by atoms with Gasteiger partial charge in [0.2, 0.25) is 0 Å². The number of rotatable bonds is 3. The van der Waals surface area contributed by atoms with Crippen LogP contribution in [0.25, 0.3) is 0 Å². The Hall–Kier alpha value is -2.33. The van der Waals surface area contributed by atoms with E-state index in [4.69, 9.17) is 0 Å². The van der Waals surface area contributed by atoms with Gasteiger partial charge in [0, 0.05) is 18.7 Å². The van der Waals surface area contributed by atoms with E-state index in [2.05, 4.69) is 5.43 Å². The fourth-order valence-electron chi connectivity index (χ4n) is 2.89. The summed E-state index contributed by atoms with van der Waals surface area (Å²) < 4.78 is 0. The van der Waals surface area contributed by atoms with E-state index in [9.17, 15) is 9.90 Å². The number of benzene rings is 2. The minimum atomic E-state index is -0.0685. The Kier molecular flexibility index (Phi) is 4.11. The monoisotopic (exact) mass is 296 g/mol. The predicted molar refractivity (Wildman–Crippen MR) is 85.5 cm³/mol. The van der Waals surface area contributed by atoms with Crippen molar-refractivity contribution in [2.24, 2.45) is 0 Å². The molecule has 0 fully saturated rings. The third-order valence-corrected chi connectivity index (χ3v) is 4.10. The minimum absolute atomic E-state index is 0.0685. The van der Waals surface area contributed by atoms with Crippen molar-refractivity contribution in [1.82, 2.24) is 10.4 Å². The van der Waals surface area contributed by atoms with Crippen LogP contribution in [-0.2, 0) is 19.4 Å². The van der Waals surface area contributed by atoms with Gasteiger partial charge in [-0.1, -0.05) is 31.2 Å². The van der Waals surface area contributed by atoms with Crippen LogP contribution in [0.15, 0.2) is 42.5 Å². The van der Waals surface area contributed by atoms with E-state index in [-0.39, 0.29) is 11.7 Å². The molecule has 22 heavy (non-hydrogen) atoms. The summed E-state index contributed by atoms with van der Waals surface area (Å²) >= 11 is 0. The van der Waals surface area contributed by atoms with E-state index in [1.165, 1.54) is 5.56 Å². The Balaban J connectivity index is 1.73. The molecule has 0 atom stereocenters. The minimum Gasteiger partial charge on any atom is -0.508 e. The molecule has 0 radical (unpaired) electrons. The summed E-state index contributed by atoms with van der Waals surface area (Å²) in [4.78, 5) is 12.5. The molecule has 1 heterocycles. The summed E-state index contributed by atoms with van der Waals surface area (Å²) in [5, 5.41) is 11.5. The van der Waals surface area contributed by atoms with Crippen LogP contribution in [0.4, 0.5) is 0 Å². The molecule has 0 unspecified atom stereocenters. The lowest BCUT2D eigenvalue weighted by atomic mass is 10.0. The molecule has 0 spiro atoms. The molecule has 1 aliphatic rings. The van der Waals surface area contributed by atoms with Gasteiger partial charge in [-0.05, 0) is 47.7 Å². The average molecular weight is 296 g/mol. The van der Waals surface area contributed by atoms with Crippen LogP contribution in [0, 0.1) is 0 Å². The zero-order valence-electron chi connectivity index (χ0n) is 12.7. The van der Waals surface area contributed by atoms with E-state index in [0.29, 0.717) is 6.54 Å². The van der Waals surface area contributed by atoms with Crippen molar-refractivity contribution < 1.29 is 9.90 Å². The van der Waals surface area contributed by atoms with Gasteiger partial charge in [0.15, 0.2) is 0 Å². The third kappa shape index (κ3) is 2.97. The van der Waals surface area contributed by atoms with Crippen molar-refractivity contribution in [3.05, 3.63) is 64.7 Å². The second kappa shape index (κ2) is 6.20. The molecule has 1 aliphatic heterocycles. The van der Waals surface area contributed by atoms with Crippen LogP contribution in [0.5, 0.6) is 5.75 Å². The predicted octanol–water partition coefficient (Wildman–Crippen LogP) is 2.66. The van der Waals surface area contributed by atoms with E-state index >= 15 is 0 Å².